The topological polar surface area (TPSA) is 142 Å². The van der Waals surface area contributed by atoms with Crippen molar-refractivity contribution in [1.82, 2.24) is 10.6 Å². The number of allylic oxidation sites excluding steroid dienone is 9. The third kappa shape index (κ3) is 33.7. The van der Waals surface area contributed by atoms with Crippen LogP contribution >= 0.6 is 0 Å². The summed E-state index contributed by atoms with van der Waals surface area (Å²) in [5.74, 6) is -2.38. The highest BCUT2D eigenvalue weighted by molar-refractivity contribution is 5.87. The molecule has 0 aliphatic carbocycles. The number of carbonyl (C=O) groups excluding carboxylic acids is 3. The number of carboxylic acids is 1. The summed E-state index contributed by atoms with van der Waals surface area (Å²) in [6, 6.07) is -1.38. The monoisotopic (exact) mass is 729 g/mol. The molecule has 0 aliphatic heterocycles. The molecule has 0 aromatic carbocycles. The van der Waals surface area contributed by atoms with Gasteiger partial charge in [0.2, 0.25) is 11.8 Å². The largest absolute Gasteiger partial charge is 0.480 e. The fourth-order valence-corrected chi connectivity index (χ4v) is 5.38. The van der Waals surface area contributed by atoms with Gasteiger partial charge in [0, 0.05) is 12.8 Å². The minimum atomic E-state index is -1.38. The summed E-state index contributed by atoms with van der Waals surface area (Å²) in [6.45, 7) is 3.31. The lowest BCUT2D eigenvalue weighted by Gasteiger charge is -2.15. The molecule has 9 nitrogen and oxygen atoms in total. The van der Waals surface area contributed by atoms with Crippen molar-refractivity contribution in [3.63, 3.8) is 0 Å². The molecule has 2 atom stereocenters. The standard InChI is InChI=1S/C43H72N2O7/c1-3-5-7-9-11-13-14-15-16-17-18-19-21-27-31-35-42(49)52-38(32-28-24-20-12-10-8-6-4-2)33-29-25-22-23-26-30-34-40(47)44-36-41(48)45-39(37-46)43(50)51/h5,7,11-13,15-16,20,28,32,38-39,46H,3-4,6,8-10,14,17-19,21-27,29-31,33-37H2,1-2H3,(H,44,47)(H,45,48)(H,50,51)/b7-5-,13-11-,16-15-,20-12-,32-28-. The minimum absolute atomic E-state index is 0.114. The number of aliphatic carboxylic acids is 1. The lowest BCUT2D eigenvalue weighted by atomic mass is 10.1. The molecule has 0 aromatic heterocycles. The molecule has 296 valence electrons. The van der Waals surface area contributed by atoms with Crippen LogP contribution in [0.4, 0.5) is 0 Å². The first-order valence-corrected chi connectivity index (χ1v) is 20.2. The van der Waals surface area contributed by atoms with Crippen LogP contribution in [-0.2, 0) is 23.9 Å². The molecule has 0 aliphatic rings. The molecule has 0 aromatic rings. The molecular formula is C43H72N2O7. The van der Waals surface area contributed by atoms with Gasteiger partial charge in [0.1, 0.15) is 12.1 Å². The average molecular weight is 729 g/mol. The Hall–Kier alpha value is -3.46. The smallest absolute Gasteiger partial charge is 0.328 e. The summed E-state index contributed by atoms with van der Waals surface area (Å²) in [4.78, 5) is 47.3. The van der Waals surface area contributed by atoms with Crippen LogP contribution < -0.4 is 10.6 Å². The molecule has 0 saturated heterocycles. The summed E-state index contributed by atoms with van der Waals surface area (Å²) < 4.78 is 5.90. The van der Waals surface area contributed by atoms with Crippen LogP contribution in [0.3, 0.4) is 0 Å². The number of esters is 1. The van der Waals surface area contributed by atoms with Crippen LogP contribution in [-0.4, -0.2) is 59.3 Å². The number of aliphatic hydroxyl groups excluding tert-OH is 1. The summed E-state index contributed by atoms with van der Waals surface area (Å²) in [5.41, 5.74) is 0. The summed E-state index contributed by atoms with van der Waals surface area (Å²) in [6.07, 6.45) is 44.1. The molecule has 0 rings (SSSR count). The van der Waals surface area contributed by atoms with Crippen molar-refractivity contribution in [3.8, 4) is 0 Å². The van der Waals surface area contributed by atoms with E-state index in [1.54, 1.807) is 0 Å². The van der Waals surface area contributed by atoms with E-state index in [0.29, 0.717) is 19.3 Å². The molecule has 0 bridgehead atoms. The Balaban J connectivity index is 4.31. The van der Waals surface area contributed by atoms with E-state index in [0.717, 1.165) is 96.3 Å². The normalized spacial score (nSPS) is 13.1. The third-order valence-electron chi connectivity index (χ3n) is 8.48. The number of rotatable bonds is 35. The van der Waals surface area contributed by atoms with Crippen LogP contribution in [0.25, 0.3) is 0 Å². The van der Waals surface area contributed by atoms with E-state index in [4.69, 9.17) is 14.9 Å². The van der Waals surface area contributed by atoms with E-state index in [-0.39, 0.29) is 24.5 Å². The third-order valence-corrected chi connectivity index (χ3v) is 8.48. The van der Waals surface area contributed by atoms with Crippen molar-refractivity contribution in [3.05, 3.63) is 60.8 Å². The van der Waals surface area contributed by atoms with Crippen LogP contribution in [0, 0.1) is 0 Å². The van der Waals surface area contributed by atoms with Crippen LogP contribution in [0.1, 0.15) is 162 Å². The van der Waals surface area contributed by atoms with Gasteiger partial charge in [-0.15, -0.1) is 0 Å². The number of carbonyl (C=O) groups is 4. The molecule has 9 heteroatoms. The zero-order chi connectivity index (χ0) is 38.3. The summed E-state index contributed by atoms with van der Waals surface area (Å²) >= 11 is 0. The maximum Gasteiger partial charge on any atom is 0.328 e. The molecular weight excluding hydrogens is 656 g/mol. The Kier molecular flexibility index (Phi) is 34.8. The first-order chi connectivity index (χ1) is 25.3. The average Bonchev–Trinajstić information content (AvgIpc) is 3.13. The first kappa shape index (κ1) is 48.5. The Morgan fingerprint density at radius 3 is 1.77 bits per heavy atom. The van der Waals surface area contributed by atoms with E-state index in [9.17, 15) is 19.2 Å². The predicted molar refractivity (Wildman–Crippen MR) is 213 cm³/mol. The number of unbranched alkanes of at least 4 members (excludes halogenated alkanes) is 13. The molecule has 4 N–H and O–H groups in total. The number of nitrogens with one attached hydrogen (secondary N) is 2. The van der Waals surface area contributed by atoms with Crippen LogP contribution in [0.2, 0.25) is 0 Å². The minimum Gasteiger partial charge on any atom is -0.480 e. The second kappa shape index (κ2) is 37.3. The van der Waals surface area contributed by atoms with Crippen molar-refractivity contribution < 1.29 is 34.1 Å². The number of aliphatic hydroxyl groups is 1. The fraction of sp³-hybridized carbons (Fsp3) is 0.674. The predicted octanol–water partition coefficient (Wildman–Crippen LogP) is 9.37. The van der Waals surface area contributed by atoms with E-state index < -0.39 is 24.5 Å². The quantitative estimate of drug-likeness (QED) is 0.0289. The van der Waals surface area contributed by atoms with Gasteiger partial charge >= 0.3 is 11.9 Å². The molecule has 0 radical (unpaired) electrons. The zero-order valence-corrected chi connectivity index (χ0v) is 32.5. The Labute approximate surface area is 315 Å². The maximum absolute atomic E-state index is 12.7. The van der Waals surface area contributed by atoms with Crippen molar-refractivity contribution in [2.24, 2.45) is 0 Å². The lowest BCUT2D eigenvalue weighted by molar-refractivity contribution is -0.147. The summed E-state index contributed by atoms with van der Waals surface area (Å²) in [5, 5.41) is 22.5. The molecule has 0 saturated carbocycles. The molecule has 52 heavy (non-hydrogen) atoms. The Morgan fingerprint density at radius 2 is 1.15 bits per heavy atom. The van der Waals surface area contributed by atoms with Gasteiger partial charge in [-0.3, -0.25) is 14.4 Å². The molecule has 0 heterocycles. The number of carboxylic acid groups (broad SMARTS) is 1. The maximum atomic E-state index is 12.7. The lowest BCUT2D eigenvalue weighted by Crippen LogP contribution is -2.47. The van der Waals surface area contributed by atoms with E-state index in [2.05, 4.69) is 79.2 Å². The SMILES string of the molecule is CC/C=C\C/C=C\C/C=C\CCCCCCCC(=O)OC(/C=C\C/C=C\CCCCC)CCCCCCCCC(=O)NCC(=O)NC(CO)C(=O)O. The molecule has 2 unspecified atom stereocenters. The van der Waals surface area contributed by atoms with E-state index in [1.165, 1.54) is 32.1 Å². The van der Waals surface area contributed by atoms with Gasteiger partial charge in [-0.2, -0.15) is 0 Å². The van der Waals surface area contributed by atoms with E-state index in [1.807, 2.05) is 6.08 Å². The highest BCUT2D eigenvalue weighted by Crippen LogP contribution is 2.15. The second-order valence-corrected chi connectivity index (χ2v) is 13.3. The van der Waals surface area contributed by atoms with Gasteiger partial charge in [-0.05, 0) is 83.1 Å². The highest BCUT2D eigenvalue weighted by Gasteiger charge is 2.18. The zero-order valence-electron chi connectivity index (χ0n) is 32.5. The van der Waals surface area contributed by atoms with Crippen molar-refractivity contribution >= 4 is 23.8 Å². The summed E-state index contributed by atoms with van der Waals surface area (Å²) in [7, 11) is 0. The van der Waals surface area contributed by atoms with Gasteiger partial charge in [0.15, 0.2) is 0 Å². The van der Waals surface area contributed by atoms with Crippen molar-refractivity contribution in [2.45, 2.75) is 174 Å². The first-order valence-electron chi connectivity index (χ1n) is 20.2. The molecule has 0 fully saturated rings. The number of hydrogen-bond acceptors (Lipinski definition) is 6. The van der Waals surface area contributed by atoms with Crippen molar-refractivity contribution in [2.75, 3.05) is 13.2 Å². The van der Waals surface area contributed by atoms with Crippen molar-refractivity contribution in [1.29, 1.82) is 0 Å². The van der Waals surface area contributed by atoms with Gasteiger partial charge in [0.05, 0.1) is 13.2 Å². The number of ether oxygens (including phenoxy) is 1. The van der Waals surface area contributed by atoms with Gasteiger partial charge in [-0.25, -0.2) is 4.79 Å². The fourth-order valence-electron chi connectivity index (χ4n) is 5.38. The van der Waals surface area contributed by atoms with Gasteiger partial charge in [0.25, 0.3) is 0 Å². The van der Waals surface area contributed by atoms with E-state index >= 15 is 0 Å². The highest BCUT2D eigenvalue weighted by atomic mass is 16.5. The Bertz CT molecular complexity index is 1060. The van der Waals surface area contributed by atoms with Crippen LogP contribution in [0.15, 0.2) is 60.8 Å². The number of amides is 2. The van der Waals surface area contributed by atoms with Gasteiger partial charge < -0.3 is 25.6 Å². The van der Waals surface area contributed by atoms with Crippen LogP contribution in [0.5, 0.6) is 0 Å². The molecule has 2 amide bonds. The Morgan fingerprint density at radius 1 is 0.615 bits per heavy atom. The number of hydrogen-bond donors (Lipinski definition) is 4. The second-order valence-electron chi connectivity index (χ2n) is 13.3. The van der Waals surface area contributed by atoms with Gasteiger partial charge in [-0.1, -0.05) is 126 Å². The molecule has 0 spiro atoms.